The molecule has 11 nitrogen and oxygen atoms in total. The predicted octanol–water partition coefficient (Wildman–Crippen LogP) is 3.09. The summed E-state index contributed by atoms with van der Waals surface area (Å²) in [6.45, 7) is 7.05. The second-order valence-electron chi connectivity index (χ2n) is 9.00. The zero-order valence-corrected chi connectivity index (χ0v) is 20.9. The van der Waals surface area contributed by atoms with Crippen molar-refractivity contribution in [3.63, 3.8) is 0 Å². The number of nitrogens with zero attached hydrogens (tertiary/aromatic N) is 4. The highest BCUT2D eigenvalue weighted by atomic mass is 32.2. The van der Waals surface area contributed by atoms with Crippen LogP contribution in [-0.2, 0) is 19.6 Å². The fourth-order valence-corrected chi connectivity index (χ4v) is 3.85. The molecule has 1 aliphatic rings. The van der Waals surface area contributed by atoms with Crippen LogP contribution >= 0.6 is 0 Å². The van der Waals surface area contributed by atoms with Gasteiger partial charge in [0.1, 0.15) is 5.60 Å². The van der Waals surface area contributed by atoms with Crippen molar-refractivity contribution < 1.29 is 44.8 Å². The molecule has 1 aliphatic heterocycles. The molecule has 1 amide bonds. The lowest BCUT2D eigenvalue weighted by Gasteiger charge is -2.40. The monoisotopic (exact) mass is 534 g/mol. The molecule has 0 bridgehead atoms. The number of fused-ring (bicyclic) bond motifs is 1. The number of ether oxygens (including phenoxy) is 2. The van der Waals surface area contributed by atoms with Gasteiger partial charge in [0.15, 0.2) is 5.82 Å². The number of alkyl halides is 3. The fraction of sp³-hybridized carbons (Fsp3) is 0.524. The van der Waals surface area contributed by atoms with E-state index >= 15 is 0 Å². The number of esters is 1. The zero-order chi connectivity index (χ0) is 27.1. The molecule has 36 heavy (non-hydrogen) atoms. The first-order valence-electron chi connectivity index (χ1n) is 10.7. The summed E-state index contributed by atoms with van der Waals surface area (Å²) in [6, 6.07) is 3.33. The SMILES string of the molecule is COC(=O)c1ccc2nc(OS(=O)(=O)C(F)(F)F)c(N3CCN(C(=O)OC(C)(C)C)CC3C)nc2c1. The molecule has 2 aromatic rings. The smallest absolute Gasteiger partial charge is 0.465 e. The van der Waals surface area contributed by atoms with Gasteiger partial charge in [0, 0.05) is 25.7 Å². The first-order valence-corrected chi connectivity index (χ1v) is 12.1. The number of halogens is 3. The molecule has 1 saturated heterocycles. The van der Waals surface area contributed by atoms with E-state index < -0.39 is 45.2 Å². The number of methoxy groups -OCH3 is 1. The van der Waals surface area contributed by atoms with Gasteiger partial charge in [-0.3, -0.25) is 0 Å². The molecule has 1 aromatic carbocycles. The molecule has 0 spiro atoms. The molecule has 0 N–H and O–H groups in total. The summed E-state index contributed by atoms with van der Waals surface area (Å²) >= 11 is 0. The Labute approximate surface area is 205 Å². The number of hydrogen-bond donors (Lipinski definition) is 0. The summed E-state index contributed by atoms with van der Waals surface area (Å²) < 4.78 is 77.1. The fourth-order valence-electron chi connectivity index (χ4n) is 3.43. The zero-order valence-electron chi connectivity index (χ0n) is 20.1. The van der Waals surface area contributed by atoms with Gasteiger partial charge in [-0.05, 0) is 45.9 Å². The van der Waals surface area contributed by atoms with Gasteiger partial charge in [-0.1, -0.05) is 0 Å². The van der Waals surface area contributed by atoms with Gasteiger partial charge < -0.3 is 23.5 Å². The molecular weight excluding hydrogens is 509 g/mol. The second-order valence-corrected chi connectivity index (χ2v) is 10.5. The highest BCUT2D eigenvalue weighted by molar-refractivity contribution is 7.88. The number of amides is 1. The number of piperazine rings is 1. The molecule has 1 atom stereocenters. The second kappa shape index (κ2) is 9.59. The molecule has 198 valence electrons. The molecule has 15 heteroatoms. The van der Waals surface area contributed by atoms with Crippen molar-refractivity contribution >= 4 is 39.0 Å². The highest BCUT2D eigenvalue weighted by Gasteiger charge is 2.49. The summed E-state index contributed by atoms with van der Waals surface area (Å²) in [6.07, 6.45) is -0.572. The van der Waals surface area contributed by atoms with E-state index in [1.807, 2.05) is 0 Å². The Hall–Kier alpha value is -3.36. The molecule has 1 aromatic heterocycles. The van der Waals surface area contributed by atoms with E-state index in [9.17, 15) is 31.2 Å². The Balaban J connectivity index is 2.03. The summed E-state index contributed by atoms with van der Waals surface area (Å²) in [7, 11) is -4.88. The first kappa shape index (κ1) is 27.2. The normalized spacial score (nSPS) is 17.2. The van der Waals surface area contributed by atoms with Crippen molar-refractivity contribution in [3.8, 4) is 5.88 Å². The van der Waals surface area contributed by atoms with Crippen LogP contribution in [0.4, 0.5) is 23.8 Å². The molecule has 0 radical (unpaired) electrons. The number of carbonyl (C=O) groups is 2. The molecule has 0 saturated carbocycles. The van der Waals surface area contributed by atoms with Crippen molar-refractivity contribution in [2.24, 2.45) is 0 Å². The predicted molar refractivity (Wildman–Crippen MR) is 121 cm³/mol. The summed E-state index contributed by atoms with van der Waals surface area (Å²) in [5.41, 5.74) is -6.25. The number of hydrogen-bond acceptors (Lipinski definition) is 10. The van der Waals surface area contributed by atoms with Crippen molar-refractivity contribution in [2.45, 2.75) is 44.8 Å². The van der Waals surface area contributed by atoms with Gasteiger partial charge >= 0.3 is 27.7 Å². The van der Waals surface area contributed by atoms with Crippen LogP contribution in [0, 0.1) is 0 Å². The van der Waals surface area contributed by atoms with Gasteiger partial charge in [-0.15, -0.1) is 0 Å². The lowest BCUT2D eigenvalue weighted by Crippen LogP contribution is -2.55. The van der Waals surface area contributed by atoms with E-state index in [-0.39, 0.29) is 42.0 Å². The maximum atomic E-state index is 13.1. The van der Waals surface area contributed by atoms with Crippen molar-refractivity contribution in [3.05, 3.63) is 23.8 Å². The van der Waals surface area contributed by atoms with E-state index in [4.69, 9.17) is 4.74 Å². The van der Waals surface area contributed by atoms with Gasteiger partial charge in [0.25, 0.3) is 5.88 Å². The van der Waals surface area contributed by atoms with E-state index in [1.165, 1.54) is 35.1 Å². The molecule has 0 aliphatic carbocycles. The minimum absolute atomic E-state index is 0.0150. The van der Waals surface area contributed by atoms with Crippen LogP contribution in [0.1, 0.15) is 38.1 Å². The lowest BCUT2D eigenvalue weighted by molar-refractivity contribution is -0.0501. The third-order valence-electron chi connectivity index (χ3n) is 5.06. The Morgan fingerprint density at radius 2 is 1.75 bits per heavy atom. The summed E-state index contributed by atoms with van der Waals surface area (Å²) in [4.78, 5) is 35.5. The minimum atomic E-state index is -6.06. The largest absolute Gasteiger partial charge is 0.534 e. The third-order valence-corrected chi connectivity index (χ3v) is 6.00. The Kier molecular flexibility index (Phi) is 7.26. The molecule has 3 rings (SSSR count). The quantitative estimate of drug-likeness (QED) is 0.328. The standard InChI is InChI=1S/C21H25F3N4O7S/c1-12-11-27(19(30)34-20(2,3)4)8-9-28(12)16-17(35-36(31,32)21(22,23)24)26-14-7-6-13(18(29)33-5)10-15(14)25-16/h6-7,10,12H,8-9,11H2,1-5H3. The number of anilines is 1. The topological polar surface area (TPSA) is 128 Å². The average Bonchev–Trinajstić information content (AvgIpc) is 2.75. The minimum Gasteiger partial charge on any atom is -0.465 e. The number of carbonyl (C=O) groups excluding carboxylic acids is 2. The van der Waals surface area contributed by atoms with Crippen LogP contribution in [0.2, 0.25) is 0 Å². The van der Waals surface area contributed by atoms with Crippen LogP contribution < -0.4 is 9.08 Å². The van der Waals surface area contributed by atoms with Crippen LogP contribution in [0.3, 0.4) is 0 Å². The average molecular weight is 535 g/mol. The van der Waals surface area contributed by atoms with Crippen LogP contribution in [-0.4, -0.2) is 79.2 Å². The molecule has 1 unspecified atom stereocenters. The van der Waals surface area contributed by atoms with E-state index in [0.717, 1.165) is 0 Å². The van der Waals surface area contributed by atoms with Gasteiger partial charge in [-0.25, -0.2) is 19.6 Å². The molecular formula is C21H25F3N4O7S. The molecule has 2 heterocycles. The number of rotatable bonds is 4. The first-order chi connectivity index (χ1) is 16.5. The number of benzene rings is 1. The van der Waals surface area contributed by atoms with E-state index in [1.54, 1.807) is 27.7 Å². The molecule has 1 fully saturated rings. The van der Waals surface area contributed by atoms with Gasteiger partial charge in [-0.2, -0.15) is 21.6 Å². The third kappa shape index (κ3) is 5.88. The van der Waals surface area contributed by atoms with Gasteiger partial charge in [0.2, 0.25) is 0 Å². The summed E-state index contributed by atoms with van der Waals surface area (Å²) in [5, 5.41) is 0. The van der Waals surface area contributed by atoms with Crippen molar-refractivity contribution in [1.29, 1.82) is 0 Å². The van der Waals surface area contributed by atoms with Crippen molar-refractivity contribution in [1.82, 2.24) is 14.9 Å². The van der Waals surface area contributed by atoms with Gasteiger partial charge in [0.05, 0.1) is 23.7 Å². The van der Waals surface area contributed by atoms with Crippen LogP contribution in [0.15, 0.2) is 18.2 Å². The Bertz CT molecular complexity index is 1280. The van der Waals surface area contributed by atoms with Crippen LogP contribution in [0.5, 0.6) is 5.88 Å². The van der Waals surface area contributed by atoms with Crippen molar-refractivity contribution in [2.75, 3.05) is 31.6 Å². The highest BCUT2D eigenvalue weighted by Crippen LogP contribution is 2.34. The van der Waals surface area contributed by atoms with E-state index in [0.29, 0.717) is 0 Å². The Morgan fingerprint density at radius 3 is 2.31 bits per heavy atom. The van der Waals surface area contributed by atoms with Crippen LogP contribution in [0.25, 0.3) is 11.0 Å². The lowest BCUT2D eigenvalue weighted by atomic mass is 10.1. The van der Waals surface area contributed by atoms with E-state index in [2.05, 4.69) is 18.9 Å². The summed E-state index contributed by atoms with van der Waals surface area (Å²) in [5.74, 6) is -1.86. The Morgan fingerprint density at radius 1 is 1.08 bits per heavy atom. The number of aromatic nitrogens is 2. The maximum absolute atomic E-state index is 13.1. The maximum Gasteiger partial charge on any atom is 0.534 e.